The molecule has 0 aliphatic carbocycles. The molecule has 0 spiro atoms. The maximum atomic E-state index is 9.99. The Morgan fingerprint density at radius 1 is 1.04 bits per heavy atom. The average Bonchev–Trinajstić information content (AvgIpc) is 2.58. The molecule has 6 heteroatoms. The van der Waals surface area contributed by atoms with E-state index >= 15 is 0 Å². The summed E-state index contributed by atoms with van der Waals surface area (Å²) >= 11 is 0. The Morgan fingerprint density at radius 3 is 2.22 bits per heavy atom. The third-order valence-corrected chi connectivity index (χ3v) is 3.86. The van der Waals surface area contributed by atoms with Gasteiger partial charge < -0.3 is 30.6 Å². The minimum Gasteiger partial charge on any atom is -0.509 e. The Labute approximate surface area is 136 Å². The lowest BCUT2D eigenvalue weighted by molar-refractivity contribution is -0.112. The smallest absolute Gasteiger partial charge is 0.139 e. The summed E-state index contributed by atoms with van der Waals surface area (Å²) in [5.41, 5.74) is 2.83. The van der Waals surface area contributed by atoms with Gasteiger partial charge in [0.05, 0.1) is 6.61 Å². The fourth-order valence-electron chi connectivity index (χ4n) is 2.27. The van der Waals surface area contributed by atoms with Crippen LogP contribution in [0.2, 0.25) is 0 Å². The molecule has 0 unspecified atom stereocenters. The predicted molar refractivity (Wildman–Crippen MR) is 86.9 cm³/mol. The van der Waals surface area contributed by atoms with Crippen LogP contribution < -0.4 is 0 Å². The highest BCUT2D eigenvalue weighted by molar-refractivity contribution is 5.57. The number of aryl methyl sites for hydroxylation is 2. The van der Waals surface area contributed by atoms with E-state index in [1.54, 1.807) is 0 Å². The maximum absolute atomic E-state index is 9.99. The molecule has 0 fully saturated rings. The highest BCUT2D eigenvalue weighted by atomic mass is 16.4. The number of aliphatic hydroxyl groups is 6. The van der Waals surface area contributed by atoms with Crippen molar-refractivity contribution in [2.75, 3.05) is 6.61 Å². The van der Waals surface area contributed by atoms with Crippen LogP contribution in [-0.2, 0) is 12.8 Å². The Hall–Kier alpha value is -1.44. The number of benzene rings is 1. The van der Waals surface area contributed by atoms with Gasteiger partial charge in [-0.3, -0.25) is 0 Å². The van der Waals surface area contributed by atoms with E-state index in [-0.39, 0.29) is 0 Å². The highest BCUT2D eigenvalue weighted by Crippen LogP contribution is 2.19. The van der Waals surface area contributed by atoms with Crippen molar-refractivity contribution >= 4 is 6.08 Å². The van der Waals surface area contributed by atoms with Gasteiger partial charge in [0.15, 0.2) is 0 Å². The summed E-state index contributed by atoms with van der Waals surface area (Å²) in [5, 5.41) is 57.3. The zero-order chi connectivity index (χ0) is 17.6. The molecule has 6 nitrogen and oxygen atoms in total. The molecule has 0 saturated carbocycles. The van der Waals surface area contributed by atoms with E-state index in [1.165, 1.54) is 6.08 Å². The van der Waals surface area contributed by atoms with Crippen LogP contribution in [-0.4, -0.2) is 61.7 Å². The summed E-state index contributed by atoms with van der Waals surface area (Å²) in [6.07, 6.45) is -4.05. The summed E-state index contributed by atoms with van der Waals surface area (Å²) in [5.74, 6) is -0.527. The van der Waals surface area contributed by atoms with Gasteiger partial charge in [0.25, 0.3) is 0 Å². The molecular formula is C17H26O6. The molecule has 1 aromatic rings. The van der Waals surface area contributed by atoms with Crippen molar-refractivity contribution in [1.29, 1.82) is 0 Å². The van der Waals surface area contributed by atoms with E-state index in [0.717, 1.165) is 24.0 Å². The molecule has 130 valence electrons. The first-order chi connectivity index (χ1) is 10.8. The van der Waals surface area contributed by atoms with Gasteiger partial charge in [0.1, 0.15) is 30.2 Å². The summed E-state index contributed by atoms with van der Waals surface area (Å²) < 4.78 is 0. The first-order valence-corrected chi connectivity index (χ1v) is 7.71. The molecule has 4 atom stereocenters. The molecule has 0 aromatic heterocycles. The van der Waals surface area contributed by atoms with Crippen LogP contribution in [0.25, 0.3) is 6.08 Å². The van der Waals surface area contributed by atoms with Crippen molar-refractivity contribution in [3.8, 4) is 0 Å². The summed E-state index contributed by atoms with van der Waals surface area (Å²) in [6, 6.07) is 5.73. The fourth-order valence-corrected chi connectivity index (χ4v) is 2.27. The molecule has 1 rings (SSSR count). The zero-order valence-electron chi connectivity index (χ0n) is 13.4. The standard InChI is InChI=1S/C17H26O6/c1-3-10-5-6-12(11(4-2)7-10)8-13(19)15(21)17(23)16(22)14(20)9-18/h5-8,14-23H,3-4,9H2,1-2H3/t14-,15+,16-,17-/m1/s1. The van der Waals surface area contributed by atoms with Crippen LogP contribution in [0.1, 0.15) is 30.5 Å². The summed E-state index contributed by atoms with van der Waals surface area (Å²) in [6.45, 7) is 3.24. The van der Waals surface area contributed by atoms with E-state index < -0.39 is 36.8 Å². The number of hydrogen-bond acceptors (Lipinski definition) is 6. The zero-order valence-corrected chi connectivity index (χ0v) is 13.4. The topological polar surface area (TPSA) is 121 Å². The lowest BCUT2D eigenvalue weighted by Gasteiger charge is -2.25. The fraction of sp³-hybridized carbons (Fsp3) is 0.529. The average molecular weight is 326 g/mol. The minimum absolute atomic E-state index is 0.527. The Bertz CT molecular complexity index is 528. The quantitative estimate of drug-likeness (QED) is 0.378. The van der Waals surface area contributed by atoms with Crippen molar-refractivity contribution in [2.24, 2.45) is 0 Å². The number of aliphatic hydroxyl groups excluding tert-OH is 6. The van der Waals surface area contributed by atoms with Crippen LogP contribution in [0.5, 0.6) is 0 Å². The first kappa shape index (κ1) is 19.6. The van der Waals surface area contributed by atoms with E-state index in [4.69, 9.17) is 5.11 Å². The van der Waals surface area contributed by atoms with Crippen LogP contribution in [0.15, 0.2) is 24.0 Å². The van der Waals surface area contributed by atoms with Crippen molar-refractivity contribution in [2.45, 2.75) is 51.1 Å². The molecule has 0 aliphatic rings. The van der Waals surface area contributed by atoms with Crippen molar-refractivity contribution < 1.29 is 30.6 Å². The Kier molecular flexibility index (Phi) is 7.67. The van der Waals surface area contributed by atoms with Crippen molar-refractivity contribution in [3.05, 3.63) is 40.6 Å². The molecule has 0 bridgehead atoms. The third kappa shape index (κ3) is 5.02. The summed E-state index contributed by atoms with van der Waals surface area (Å²) in [4.78, 5) is 0. The van der Waals surface area contributed by atoms with Crippen LogP contribution in [0.3, 0.4) is 0 Å². The van der Waals surface area contributed by atoms with Gasteiger partial charge in [-0.2, -0.15) is 0 Å². The second-order valence-electron chi connectivity index (χ2n) is 5.49. The second-order valence-corrected chi connectivity index (χ2v) is 5.49. The van der Waals surface area contributed by atoms with Crippen LogP contribution in [0.4, 0.5) is 0 Å². The lowest BCUT2D eigenvalue weighted by atomic mass is 9.97. The molecule has 0 amide bonds. The normalized spacial score (nSPS) is 17.6. The number of hydrogen-bond donors (Lipinski definition) is 6. The van der Waals surface area contributed by atoms with Gasteiger partial charge in [0.2, 0.25) is 0 Å². The molecular weight excluding hydrogens is 300 g/mol. The van der Waals surface area contributed by atoms with Crippen LogP contribution in [0, 0.1) is 0 Å². The number of rotatable bonds is 8. The largest absolute Gasteiger partial charge is 0.509 e. The predicted octanol–water partition coefficient (Wildman–Crippen LogP) is 0.146. The van der Waals surface area contributed by atoms with Gasteiger partial charge in [0, 0.05) is 0 Å². The molecule has 23 heavy (non-hydrogen) atoms. The molecule has 6 N–H and O–H groups in total. The molecule has 0 saturated heterocycles. The van der Waals surface area contributed by atoms with Gasteiger partial charge in [-0.25, -0.2) is 0 Å². The third-order valence-electron chi connectivity index (χ3n) is 3.86. The van der Waals surface area contributed by atoms with Gasteiger partial charge in [-0.1, -0.05) is 32.0 Å². The SMILES string of the molecule is CCc1ccc(C=C(O)[C@H](O)[C@@H](O)[C@H](O)[C@H](O)CO)c(CC)c1. The Balaban J connectivity index is 2.99. The van der Waals surface area contributed by atoms with Gasteiger partial charge >= 0.3 is 0 Å². The van der Waals surface area contributed by atoms with E-state index in [9.17, 15) is 25.5 Å². The lowest BCUT2D eigenvalue weighted by Crippen LogP contribution is -2.46. The van der Waals surface area contributed by atoms with E-state index in [0.29, 0.717) is 5.56 Å². The molecule has 0 aliphatic heterocycles. The van der Waals surface area contributed by atoms with E-state index in [1.807, 2.05) is 32.0 Å². The monoisotopic (exact) mass is 326 g/mol. The highest BCUT2D eigenvalue weighted by Gasteiger charge is 2.32. The van der Waals surface area contributed by atoms with Gasteiger partial charge in [-0.05, 0) is 35.6 Å². The van der Waals surface area contributed by atoms with E-state index in [2.05, 4.69) is 0 Å². The van der Waals surface area contributed by atoms with Crippen molar-refractivity contribution in [1.82, 2.24) is 0 Å². The Morgan fingerprint density at radius 2 is 1.70 bits per heavy atom. The maximum Gasteiger partial charge on any atom is 0.139 e. The molecule has 0 heterocycles. The molecule has 0 radical (unpaired) electrons. The summed E-state index contributed by atoms with van der Waals surface area (Å²) in [7, 11) is 0. The van der Waals surface area contributed by atoms with Gasteiger partial charge in [-0.15, -0.1) is 0 Å². The first-order valence-electron chi connectivity index (χ1n) is 7.71. The molecule has 1 aromatic carbocycles. The second kappa shape index (κ2) is 9.00. The van der Waals surface area contributed by atoms with Crippen molar-refractivity contribution in [3.63, 3.8) is 0 Å². The minimum atomic E-state index is -1.83. The van der Waals surface area contributed by atoms with Crippen LogP contribution >= 0.6 is 0 Å².